The van der Waals surface area contributed by atoms with E-state index >= 15 is 0 Å². The van der Waals surface area contributed by atoms with Gasteiger partial charge in [0.1, 0.15) is 17.3 Å². The predicted molar refractivity (Wildman–Crippen MR) is 91.3 cm³/mol. The first-order valence-electron chi connectivity index (χ1n) is 9.82. The summed E-state index contributed by atoms with van der Waals surface area (Å²) in [5.41, 5.74) is -0.0959. The molecule has 5 unspecified atom stereocenters. The topological polar surface area (TPSA) is 51.2 Å². The number of carbonyl (C=O) groups excluding carboxylic acids is 3. The summed E-state index contributed by atoms with van der Waals surface area (Å²) in [4.78, 5) is 37.4. The Morgan fingerprint density at radius 1 is 1.04 bits per heavy atom. The summed E-state index contributed by atoms with van der Waals surface area (Å²) in [5, 5.41) is 0. The van der Waals surface area contributed by atoms with Crippen LogP contribution in [0.1, 0.15) is 72.1 Å². The van der Waals surface area contributed by atoms with Gasteiger partial charge in [-0.15, -0.1) is 0 Å². The van der Waals surface area contributed by atoms with Crippen molar-refractivity contribution in [3.8, 4) is 0 Å². The second-order valence-electron chi connectivity index (χ2n) is 9.66. The average Bonchev–Trinajstić information content (AvgIpc) is 2.84. The maximum absolute atomic E-state index is 13.3. The lowest BCUT2D eigenvalue weighted by atomic mass is 9.44. The molecule has 132 valence electrons. The zero-order valence-corrected chi connectivity index (χ0v) is 15.3. The number of carbonyl (C=O) groups is 3. The molecule has 0 saturated heterocycles. The van der Waals surface area contributed by atoms with Crippen molar-refractivity contribution in [2.75, 3.05) is 0 Å². The van der Waals surface area contributed by atoms with Crippen molar-refractivity contribution < 1.29 is 14.4 Å². The highest BCUT2D eigenvalue weighted by Gasteiger charge is 2.63. The Labute approximate surface area is 144 Å². The van der Waals surface area contributed by atoms with Crippen LogP contribution in [-0.2, 0) is 14.4 Å². The Balaban J connectivity index is 1.69. The normalized spacial score (nSPS) is 50.9. The molecule has 24 heavy (non-hydrogen) atoms. The van der Waals surface area contributed by atoms with E-state index in [0.717, 1.165) is 32.1 Å². The lowest BCUT2D eigenvalue weighted by molar-refractivity contribution is -0.161. The molecule has 0 aromatic rings. The van der Waals surface area contributed by atoms with E-state index in [2.05, 4.69) is 13.8 Å². The third kappa shape index (κ3) is 2.05. The van der Waals surface area contributed by atoms with Gasteiger partial charge >= 0.3 is 0 Å². The summed E-state index contributed by atoms with van der Waals surface area (Å²) in [6.07, 6.45) is 7.05. The van der Waals surface area contributed by atoms with Crippen molar-refractivity contribution in [2.24, 2.45) is 40.4 Å². The molecule has 7 atom stereocenters. The minimum absolute atomic E-state index is 0.0174. The maximum Gasteiger partial charge on any atom is 0.137 e. The largest absolute Gasteiger partial charge is 0.300 e. The van der Waals surface area contributed by atoms with E-state index in [1.807, 2.05) is 0 Å². The number of Topliss-reactive ketones (excluding diaryl/α,β-unsaturated/α-hetero) is 3. The average molecular weight is 330 g/mol. The van der Waals surface area contributed by atoms with Crippen molar-refractivity contribution in [1.29, 1.82) is 0 Å². The molecule has 0 heterocycles. The highest BCUT2D eigenvalue weighted by Crippen LogP contribution is 2.66. The van der Waals surface area contributed by atoms with Crippen LogP contribution in [0, 0.1) is 40.4 Å². The highest BCUT2D eigenvalue weighted by atomic mass is 16.1. The standard InChI is InChI=1S/C21H30O3/c1-12(22)16-6-7-17-15-5-4-13-10-14(23)8-9-20(13,2)19(15)18(24)11-21(16,17)3/h13,15-17,19H,4-11H2,1-3H3/t13?,15?,16?,17?,19?,20-,21+/m0/s1. The van der Waals surface area contributed by atoms with E-state index in [1.165, 1.54) is 0 Å². The van der Waals surface area contributed by atoms with Gasteiger partial charge < -0.3 is 0 Å². The first-order valence-corrected chi connectivity index (χ1v) is 9.82. The fourth-order valence-electron chi connectivity index (χ4n) is 7.53. The Kier molecular flexibility index (Phi) is 3.61. The van der Waals surface area contributed by atoms with E-state index in [9.17, 15) is 14.4 Å². The molecule has 4 rings (SSSR count). The Morgan fingerprint density at radius 3 is 2.50 bits per heavy atom. The van der Waals surface area contributed by atoms with Gasteiger partial charge in [0.2, 0.25) is 0 Å². The van der Waals surface area contributed by atoms with Crippen LogP contribution in [0.5, 0.6) is 0 Å². The molecule has 4 aliphatic carbocycles. The summed E-state index contributed by atoms with van der Waals surface area (Å²) >= 11 is 0. The lowest BCUT2D eigenvalue weighted by Crippen LogP contribution is -2.57. The molecule has 0 N–H and O–H groups in total. The molecular formula is C21H30O3. The van der Waals surface area contributed by atoms with Crippen LogP contribution in [0.2, 0.25) is 0 Å². The van der Waals surface area contributed by atoms with Crippen molar-refractivity contribution in [3.63, 3.8) is 0 Å². The van der Waals surface area contributed by atoms with Crippen LogP contribution >= 0.6 is 0 Å². The molecule has 0 aromatic carbocycles. The van der Waals surface area contributed by atoms with E-state index in [4.69, 9.17) is 0 Å². The quantitative estimate of drug-likeness (QED) is 0.730. The summed E-state index contributed by atoms with van der Waals surface area (Å²) in [6, 6.07) is 0. The molecule has 4 fully saturated rings. The molecule has 0 radical (unpaired) electrons. The predicted octanol–water partition coefficient (Wildman–Crippen LogP) is 3.98. The van der Waals surface area contributed by atoms with Gasteiger partial charge in [-0.2, -0.15) is 0 Å². The number of rotatable bonds is 1. The molecule has 0 amide bonds. The maximum atomic E-state index is 13.3. The Morgan fingerprint density at radius 2 is 1.79 bits per heavy atom. The van der Waals surface area contributed by atoms with Gasteiger partial charge in [0.05, 0.1) is 0 Å². The van der Waals surface area contributed by atoms with E-state index < -0.39 is 0 Å². The van der Waals surface area contributed by atoms with Crippen molar-refractivity contribution in [3.05, 3.63) is 0 Å². The fraction of sp³-hybridized carbons (Fsp3) is 0.857. The van der Waals surface area contributed by atoms with Gasteiger partial charge in [-0.05, 0) is 67.6 Å². The van der Waals surface area contributed by atoms with Crippen LogP contribution in [0.4, 0.5) is 0 Å². The van der Waals surface area contributed by atoms with Crippen LogP contribution in [0.25, 0.3) is 0 Å². The number of ketones is 3. The molecule has 4 aliphatic rings. The molecule has 0 bridgehead atoms. The van der Waals surface area contributed by atoms with E-state index in [-0.39, 0.29) is 28.4 Å². The third-order valence-corrected chi connectivity index (χ3v) is 8.66. The van der Waals surface area contributed by atoms with Gasteiger partial charge in [0.15, 0.2) is 0 Å². The second kappa shape index (κ2) is 5.25. The number of hydrogen-bond donors (Lipinski definition) is 0. The zero-order chi connectivity index (χ0) is 17.3. The van der Waals surface area contributed by atoms with Crippen LogP contribution in [0.15, 0.2) is 0 Å². The van der Waals surface area contributed by atoms with Crippen LogP contribution in [0.3, 0.4) is 0 Å². The highest BCUT2D eigenvalue weighted by molar-refractivity contribution is 5.87. The molecule has 3 nitrogen and oxygen atoms in total. The van der Waals surface area contributed by atoms with E-state index in [1.54, 1.807) is 6.92 Å². The molecule has 0 spiro atoms. The van der Waals surface area contributed by atoms with Crippen molar-refractivity contribution >= 4 is 17.3 Å². The monoisotopic (exact) mass is 330 g/mol. The molecule has 4 saturated carbocycles. The van der Waals surface area contributed by atoms with Gasteiger partial charge in [-0.3, -0.25) is 14.4 Å². The zero-order valence-electron chi connectivity index (χ0n) is 15.3. The van der Waals surface area contributed by atoms with Gasteiger partial charge in [-0.1, -0.05) is 13.8 Å². The van der Waals surface area contributed by atoms with Crippen molar-refractivity contribution in [1.82, 2.24) is 0 Å². The van der Waals surface area contributed by atoms with Crippen LogP contribution < -0.4 is 0 Å². The first-order chi connectivity index (χ1) is 11.3. The number of fused-ring (bicyclic) bond motifs is 5. The fourth-order valence-corrected chi connectivity index (χ4v) is 7.53. The number of hydrogen-bond acceptors (Lipinski definition) is 3. The summed E-state index contributed by atoms with van der Waals surface area (Å²) < 4.78 is 0. The summed E-state index contributed by atoms with van der Waals surface area (Å²) in [6.45, 7) is 6.21. The SMILES string of the molecule is CC(=O)C1CCC2C3CCC4CC(=O)CC[C@]4(C)C3C(=O)C[C@]12C. The van der Waals surface area contributed by atoms with Crippen LogP contribution in [-0.4, -0.2) is 17.3 Å². The molecule has 0 aliphatic heterocycles. The first kappa shape index (κ1) is 16.5. The Bertz CT molecular complexity index is 608. The summed E-state index contributed by atoms with van der Waals surface area (Å²) in [7, 11) is 0. The summed E-state index contributed by atoms with van der Waals surface area (Å²) in [5.74, 6) is 2.63. The molecular weight excluding hydrogens is 300 g/mol. The van der Waals surface area contributed by atoms with Gasteiger partial charge in [0.25, 0.3) is 0 Å². The second-order valence-corrected chi connectivity index (χ2v) is 9.66. The smallest absolute Gasteiger partial charge is 0.137 e. The molecule has 0 aromatic heterocycles. The minimum Gasteiger partial charge on any atom is -0.300 e. The van der Waals surface area contributed by atoms with Gasteiger partial charge in [-0.25, -0.2) is 0 Å². The van der Waals surface area contributed by atoms with Gasteiger partial charge in [0, 0.05) is 31.1 Å². The van der Waals surface area contributed by atoms with E-state index in [0.29, 0.717) is 48.6 Å². The lowest BCUT2D eigenvalue weighted by Gasteiger charge is -2.59. The Hall–Kier alpha value is -0.990. The molecule has 3 heteroatoms. The van der Waals surface area contributed by atoms with Crippen molar-refractivity contribution in [2.45, 2.75) is 72.1 Å². The minimum atomic E-state index is -0.113. The third-order valence-electron chi connectivity index (χ3n) is 8.66.